The minimum atomic E-state index is -0.642. The number of anilines is 1. The number of nitrogens with zero attached hydrogens (tertiary/aromatic N) is 1. The minimum Gasteiger partial charge on any atom is -0.466 e. The number of esters is 1. The van der Waals surface area contributed by atoms with Crippen LogP contribution in [0.1, 0.15) is 43.9 Å². The van der Waals surface area contributed by atoms with Crippen molar-refractivity contribution in [1.82, 2.24) is 10.2 Å². The molecular formula is C26H31N3O5. The molecule has 1 aliphatic rings. The van der Waals surface area contributed by atoms with Gasteiger partial charge in [-0.1, -0.05) is 55.8 Å². The molecule has 0 aliphatic carbocycles. The second kappa shape index (κ2) is 12.0. The zero-order valence-electron chi connectivity index (χ0n) is 19.8. The van der Waals surface area contributed by atoms with Gasteiger partial charge in [0, 0.05) is 17.9 Å². The summed E-state index contributed by atoms with van der Waals surface area (Å²) in [6.07, 6.45) is 1.76. The van der Waals surface area contributed by atoms with Crippen molar-refractivity contribution in [1.29, 1.82) is 0 Å². The Balaban J connectivity index is 1.67. The third-order valence-electron chi connectivity index (χ3n) is 5.61. The van der Waals surface area contributed by atoms with Gasteiger partial charge in [0.15, 0.2) is 0 Å². The lowest BCUT2D eigenvalue weighted by atomic mass is 9.94. The van der Waals surface area contributed by atoms with Crippen LogP contribution in [-0.2, 0) is 25.7 Å². The number of hydrogen-bond donors (Lipinski definition) is 2. The summed E-state index contributed by atoms with van der Waals surface area (Å²) in [5, 5.41) is 5.70. The molecule has 0 radical (unpaired) electrons. The maximum absolute atomic E-state index is 12.7. The van der Waals surface area contributed by atoms with Crippen molar-refractivity contribution in [2.75, 3.05) is 25.6 Å². The van der Waals surface area contributed by atoms with Gasteiger partial charge in [0.05, 0.1) is 25.3 Å². The predicted molar refractivity (Wildman–Crippen MR) is 129 cm³/mol. The first-order valence-corrected chi connectivity index (χ1v) is 11.3. The van der Waals surface area contributed by atoms with Crippen molar-refractivity contribution in [2.24, 2.45) is 0 Å². The number of carbonyl (C=O) groups is 3. The van der Waals surface area contributed by atoms with Gasteiger partial charge < -0.3 is 20.1 Å². The number of allylic oxidation sites excluding steroid dienone is 1. The summed E-state index contributed by atoms with van der Waals surface area (Å²) < 4.78 is 10.5. The number of hydrogen-bond acceptors (Lipinski definition) is 5. The summed E-state index contributed by atoms with van der Waals surface area (Å²) in [5.74, 6) is -0.760. The average molecular weight is 466 g/mol. The van der Waals surface area contributed by atoms with E-state index in [9.17, 15) is 14.4 Å². The van der Waals surface area contributed by atoms with Gasteiger partial charge in [-0.05, 0) is 36.6 Å². The van der Waals surface area contributed by atoms with Crippen LogP contribution in [0.15, 0.2) is 65.9 Å². The number of nitrogens with one attached hydrogen (secondary N) is 2. The highest BCUT2D eigenvalue weighted by atomic mass is 16.5. The van der Waals surface area contributed by atoms with Gasteiger partial charge in [-0.15, -0.1) is 0 Å². The van der Waals surface area contributed by atoms with Crippen molar-refractivity contribution in [2.45, 2.75) is 39.3 Å². The van der Waals surface area contributed by atoms with Crippen LogP contribution in [-0.4, -0.2) is 43.1 Å². The van der Waals surface area contributed by atoms with E-state index in [1.165, 1.54) is 7.11 Å². The zero-order chi connectivity index (χ0) is 24.5. The lowest BCUT2D eigenvalue weighted by Crippen LogP contribution is -2.48. The Bertz CT molecular complexity index is 1030. The standard InChI is InChI=1S/C26H31N3O5/c1-4-5-15-29-18(2)23(25(31)33-3)24(28-26(29)32)20-11-13-21(14-12-20)27-22(30)17-34-16-19-9-7-6-8-10-19/h6-14,24H,4-5,15-17H2,1-3H3,(H,27,30)(H,28,32). The van der Waals surface area contributed by atoms with Crippen LogP contribution < -0.4 is 10.6 Å². The van der Waals surface area contributed by atoms with Crippen LogP contribution >= 0.6 is 0 Å². The maximum atomic E-state index is 12.7. The number of ether oxygens (including phenoxy) is 2. The summed E-state index contributed by atoms with van der Waals surface area (Å²) in [6, 6.07) is 15.7. The highest BCUT2D eigenvalue weighted by molar-refractivity contribution is 5.95. The monoisotopic (exact) mass is 465 g/mol. The molecule has 0 saturated heterocycles. The molecule has 180 valence electrons. The van der Waals surface area contributed by atoms with E-state index in [0.717, 1.165) is 18.4 Å². The number of methoxy groups -OCH3 is 1. The topological polar surface area (TPSA) is 97.0 Å². The van der Waals surface area contributed by atoms with Gasteiger partial charge >= 0.3 is 12.0 Å². The SMILES string of the molecule is CCCCN1C(=O)NC(c2ccc(NC(=O)COCc3ccccc3)cc2)C(C(=O)OC)=C1C. The normalized spacial score (nSPS) is 15.7. The summed E-state index contributed by atoms with van der Waals surface area (Å²) in [5.41, 5.74) is 3.27. The van der Waals surface area contributed by atoms with Crippen molar-refractivity contribution >= 4 is 23.6 Å². The molecule has 1 aliphatic heterocycles. The van der Waals surface area contributed by atoms with Crippen molar-refractivity contribution in [3.05, 3.63) is 77.0 Å². The molecule has 2 aromatic rings. The molecule has 3 amide bonds. The zero-order valence-corrected chi connectivity index (χ0v) is 19.8. The molecule has 0 fully saturated rings. The molecule has 0 spiro atoms. The number of benzene rings is 2. The van der Waals surface area contributed by atoms with Gasteiger partial charge in [-0.25, -0.2) is 9.59 Å². The fourth-order valence-corrected chi connectivity index (χ4v) is 3.78. The molecule has 2 aromatic carbocycles. The van der Waals surface area contributed by atoms with E-state index >= 15 is 0 Å². The fourth-order valence-electron chi connectivity index (χ4n) is 3.78. The summed E-state index contributed by atoms with van der Waals surface area (Å²) in [7, 11) is 1.32. The average Bonchev–Trinajstić information content (AvgIpc) is 2.84. The van der Waals surface area contributed by atoms with Crippen molar-refractivity contribution in [3.63, 3.8) is 0 Å². The highest BCUT2D eigenvalue weighted by Gasteiger charge is 2.35. The summed E-state index contributed by atoms with van der Waals surface area (Å²) >= 11 is 0. The smallest absolute Gasteiger partial charge is 0.337 e. The van der Waals surface area contributed by atoms with Gasteiger partial charge in [-0.3, -0.25) is 9.69 Å². The van der Waals surface area contributed by atoms with Gasteiger partial charge in [-0.2, -0.15) is 0 Å². The number of amides is 3. The number of urea groups is 1. The van der Waals surface area contributed by atoms with Crippen LogP contribution in [0.3, 0.4) is 0 Å². The van der Waals surface area contributed by atoms with E-state index in [1.807, 2.05) is 37.3 Å². The van der Waals surface area contributed by atoms with E-state index in [2.05, 4.69) is 10.6 Å². The Hall–Kier alpha value is -3.65. The Kier molecular flexibility index (Phi) is 8.81. The Morgan fingerprint density at radius 3 is 2.44 bits per heavy atom. The van der Waals surface area contributed by atoms with Gasteiger partial charge in [0.2, 0.25) is 5.91 Å². The van der Waals surface area contributed by atoms with E-state index in [4.69, 9.17) is 9.47 Å². The molecule has 8 heteroatoms. The van der Waals surface area contributed by atoms with Crippen LogP contribution in [0.5, 0.6) is 0 Å². The molecule has 0 saturated carbocycles. The van der Waals surface area contributed by atoms with Crippen molar-refractivity contribution < 1.29 is 23.9 Å². The van der Waals surface area contributed by atoms with E-state index in [0.29, 0.717) is 35.7 Å². The van der Waals surface area contributed by atoms with Crippen LogP contribution in [0.4, 0.5) is 10.5 Å². The molecule has 1 unspecified atom stereocenters. The second-order valence-electron chi connectivity index (χ2n) is 8.03. The minimum absolute atomic E-state index is 0.0721. The first-order chi connectivity index (χ1) is 16.4. The fraction of sp³-hybridized carbons (Fsp3) is 0.346. The summed E-state index contributed by atoms with van der Waals surface area (Å²) in [6.45, 7) is 4.61. The third-order valence-corrected chi connectivity index (χ3v) is 5.61. The lowest BCUT2D eigenvalue weighted by molar-refractivity contribution is -0.136. The molecule has 0 aromatic heterocycles. The maximum Gasteiger partial charge on any atom is 0.337 e. The number of carbonyl (C=O) groups excluding carboxylic acids is 3. The first kappa shape index (κ1) is 25.0. The number of unbranched alkanes of at least 4 members (excludes halogenated alkanes) is 1. The van der Waals surface area contributed by atoms with Crippen LogP contribution in [0, 0.1) is 0 Å². The van der Waals surface area contributed by atoms with Crippen LogP contribution in [0.2, 0.25) is 0 Å². The molecule has 8 nitrogen and oxygen atoms in total. The van der Waals surface area contributed by atoms with E-state index < -0.39 is 12.0 Å². The Morgan fingerprint density at radius 2 is 1.79 bits per heavy atom. The predicted octanol–water partition coefficient (Wildman–Crippen LogP) is 4.16. The quantitative estimate of drug-likeness (QED) is 0.514. The van der Waals surface area contributed by atoms with E-state index in [1.54, 1.807) is 36.1 Å². The number of rotatable bonds is 10. The molecule has 1 atom stereocenters. The first-order valence-electron chi connectivity index (χ1n) is 11.3. The van der Waals surface area contributed by atoms with Crippen molar-refractivity contribution in [3.8, 4) is 0 Å². The molecule has 1 heterocycles. The van der Waals surface area contributed by atoms with Crippen LogP contribution in [0.25, 0.3) is 0 Å². The molecule has 2 N–H and O–H groups in total. The van der Waals surface area contributed by atoms with Gasteiger partial charge in [0.25, 0.3) is 0 Å². The summed E-state index contributed by atoms with van der Waals surface area (Å²) in [4.78, 5) is 39.1. The van der Waals surface area contributed by atoms with Gasteiger partial charge in [0.1, 0.15) is 6.61 Å². The molecule has 34 heavy (non-hydrogen) atoms. The second-order valence-corrected chi connectivity index (χ2v) is 8.03. The molecule has 3 rings (SSSR count). The largest absolute Gasteiger partial charge is 0.466 e. The Labute approximate surface area is 199 Å². The Morgan fingerprint density at radius 1 is 1.09 bits per heavy atom. The van der Waals surface area contributed by atoms with E-state index in [-0.39, 0.29) is 18.5 Å². The highest BCUT2D eigenvalue weighted by Crippen LogP contribution is 2.32. The molecular weight excluding hydrogens is 434 g/mol. The lowest BCUT2D eigenvalue weighted by Gasteiger charge is -2.35. The molecule has 0 bridgehead atoms. The third kappa shape index (κ3) is 6.23.